The van der Waals surface area contributed by atoms with Crippen molar-refractivity contribution < 1.29 is 13.3 Å². The lowest BCUT2D eigenvalue weighted by Gasteiger charge is -2.27. The zero-order chi connectivity index (χ0) is 16.8. The zero-order valence-electron chi connectivity index (χ0n) is 13.3. The highest BCUT2D eigenvalue weighted by Gasteiger charge is 2.43. The van der Waals surface area contributed by atoms with E-state index in [1.807, 2.05) is 0 Å². The number of sulfonamides is 1. The molecule has 0 aliphatic carbocycles. The van der Waals surface area contributed by atoms with Gasteiger partial charge < -0.3 is 5.32 Å². The molecular weight excluding hydrogens is 318 g/mol. The lowest BCUT2D eigenvalue weighted by molar-refractivity contribution is -0.385. The first kappa shape index (κ1) is 16.4. The van der Waals surface area contributed by atoms with E-state index in [1.54, 1.807) is 18.2 Å². The molecule has 23 heavy (non-hydrogen) atoms. The molecule has 126 valence electrons. The van der Waals surface area contributed by atoms with Crippen molar-refractivity contribution in [3.05, 3.63) is 33.4 Å². The molecule has 2 unspecified atom stereocenters. The van der Waals surface area contributed by atoms with Gasteiger partial charge >= 0.3 is 0 Å². The molecule has 2 aliphatic heterocycles. The van der Waals surface area contributed by atoms with Gasteiger partial charge in [-0.15, -0.1) is 0 Å². The standard InChI is InChI=1S/C15H21N3O4S/c1-10-7-14(18(19)20)8-15(11(10)2)23(21,22)17-12-3-4-13(17)9-16-6-5-12/h7-8,12-13,16H,3-6,9H2,1-2H3. The Labute approximate surface area is 135 Å². The highest BCUT2D eigenvalue weighted by molar-refractivity contribution is 7.89. The number of benzene rings is 1. The van der Waals surface area contributed by atoms with E-state index in [0.29, 0.717) is 17.7 Å². The molecule has 7 nitrogen and oxygen atoms in total. The molecule has 2 aliphatic rings. The smallest absolute Gasteiger partial charge is 0.271 e. The average molecular weight is 339 g/mol. The fourth-order valence-electron chi connectivity index (χ4n) is 3.63. The lowest BCUT2D eigenvalue weighted by Crippen LogP contribution is -2.42. The monoisotopic (exact) mass is 339 g/mol. The highest BCUT2D eigenvalue weighted by atomic mass is 32.2. The maximum atomic E-state index is 13.2. The summed E-state index contributed by atoms with van der Waals surface area (Å²) in [5, 5.41) is 14.4. The van der Waals surface area contributed by atoms with Crippen LogP contribution < -0.4 is 5.32 Å². The van der Waals surface area contributed by atoms with Crippen LogP contribution in [0.2, 0.25) is 0 Å². The first-order valence-corrected chi connectivity index (χ1v) is 9.26. The number of rotatable bonds is 3. The summed E-state index contributed by atoms with van der Waals surface area (Å²) >= 11 is 0. The fraction of sp³-hybridized carbons (Fsp3) is 0.600. The minimum Gasteiger partial charge on any atom is -0.315 e. The molecule has 0 aromatic heterocycles. The first-order valence-electron chi connectivity index (χ1n) is 7.82. The SMILES string of the molecule is Cc1cc([N+](=O)[O-])cc(S(=O)(=O)N2C3CCNCC2CC3)c1C. The normalized spacial score (nSPS) is 25.3. The lowest BCUT2D eigenvalue weighted by atomic mass is 10.1. The number of hydrogen-bond acceptors (Lipinski definition) is 5. The minimum absolute atomic E-state index is 0.0148. The van der Waals surface area contributed by atoms with E-state index in [4.69, 9.17) is 0 Å². The number of nitrogens with zero attached hydrogens (tertiary/aromatic N) is 2. The van der Waals surface area contributed by atoms with Crippen molar-refractivity contribution in [3.8, 4) is 0 Å². The Morgan fingerprint density at radius 2 is 1.91 bits per heavy atom. The van der Waals surface area contributed by atoms with Crippen LogP contribution in [0.15, 0.2) is 17.0 Å². The Kier molecular flexibility index (Phi) is 4.16. The molecule has 2 heterocycles. The van der Waals surface area contributed by atoms with Crippen LogP contribution in [0.5, 0.6) is 0 Å². The Morgan fingerprint density at radius 3 is 2.61 bits per heavy atom. The number of hydrogen-bond donors (Lipinski definition) is 1. The third-order valence-electron chi connectivity index (χ3n) is 4.96. The first-order chi connectivity index (χ1) is 10.8. The molecule has 0 amide bonds. The Hall–Kier alpha value is -1.51. The summed E-state index contributed by atoms with van der Waals surface area (Å²) in [6, 6.07) is 2.55. The van der Waals surface area contributed by atoms with Crippen molar-refractivity contribution in [2.75, 3.05) is 13.1 Å². The average Bonchev–Trinajstić information content (AvgIpc) is 2.75. The van der Waals surface area contributed by atoms with E-state index in [0.717, 1.165) is 25.8 Å². The summed E-state index contributed by atoms with van der Waals surface area (Å²) in [6.07, 6.45) is 2.48. The van der Waals surface area contributed by atoms with Crippen molar-refractivity contribution in [2.45, 2.75) is 50.1 Å². The van der Waals surface area contributed by atoms with Crippen LogP contribution in [0.3, 0.4) is 0 Å². The quantitative estimate of drug-likeness (QED) is 0.669. The predicted molar refractivity (Wildman–Crippen MR) is 85.9 cm³/mol. The third kappa shape index (κ3) is 2.75. The number of non-ortho nitro benzene ring substituents is 1. The van der Waals surface area contributed by atoms with E-state index < -0.39 is 14.9 Å². The maximum absolute atomic E-state index is 13.2. The summed E-state index contributed by atoms with van der Waals surface area (Å²) in [7, 11) is -3.74. The van der Waals surface area contributed by atoms with Gasteiger partial charge in [-0.3, -0.25) is 10.1 Å². The van der Waals surface area contributed by atoms with Gasteiger partial charge in [0.15, 0.2) is 0 Å². The van der Waals surface area contributed by atoms with E-state index in [9.17, 15) is 18.5 Å². The second-order valence-corrected chi connectivity index (χ2v) is 8.17. The second kappa shape index (κ2) is 5.85. The van der Waals surface area contributed by atoms with Crippen LogP contribution >= 0.6 is 0 Å². The van der Waals surface area contributed by atoms with Crippen molar-refractivity contribution in [3.63, 3.8) is 0 Å². The van der Waals surface area contributed by atoms with Crippen LogP contribution in [-0.2, 0) is 10.0 Å². The van der Waals surface area contributed by atoms with Gasteiger partial charge in [0, 0.05) is 30.8 Å². The van der Waals surface area contributed by atoms with E-state index in [-0.39, 0.29) is 22.7 Å². The van der Waals surface area contributed by atoms with Gasteiger partial charge in [-0.05, 0) is 50.8 Å². The number of nitro groups is 1. The van der Waals surface area contributed by atoms with Gasteiger partial charge in [0.2, 0.25) is 10.0 Å². The van der Waals surface area contributed by atoms with E-state index in [1.165, 1.54) is 12.1 Å². The zero-order valence-corrected chi connectivity index (χ0v) is 14.1. The predicted octanol–water partition coefficient (Wildman–Crippen LogP) is 1.73. The molecule has 1 aromatic rings. The molecule has 2 fully saturated rings. The highest BCUT2D eigenvalue weighted by Crippen LogP contribution is 2.36. The number of aryl methyl sites for hydroxylation is 1. The topological polar surface area (TPSA) is 92.5 Å². The fourth-order valence-corrected chi connectivity index (χ4v) is 5.85. The molecule has 0 saturated carbocycles. The molecule has 3 rings (SSSR count). The van der Waals surface area contributed by atoms with Crippen molar-refractivity contribution >= 4 is 15.7 Å². The van der Waals surface area contributed by atoms with Crippen LogP contribution in [0.1, 0.15) is 30.4 Å². The van der Waals surface area contributed by atoms with Crippen molar-refractivity contribution in [2.24, 2.45) is 0 Å². The van der Waals surface area contributed by atoms with Gasteiger partial charge in [0.25, 0.3) is 5.69 Å². The largest absolute Gasteiger partial charge is 0.315 e. The number of nitrogens with one attached hydrogen (secondary N) is 1. The molecular formula is C15H21N3O4S. The molecule has 1 aromatic carbocycles. The van der Waals surface area contributed by atoms with Gasteiger partial charge in [0.05, 0.1) is 9.82 Å². The van der Waals surface area contributed by atoms with Crippen LogP contribution in [0.4, 0.5) is 5.69 Å². The van der Waals surface area contributed by atoms with Gasteiger partial charge in [0.1, 0.15) is 0 Å². The van der Waals surface area contributed by atoms with Crippen LogP contribution in [-0.4, -0.2) is 42.8 Å². The van der Waals surface area contributed by atoms with Gasteiger partial charge in [-0.25, -0.2) is 8.42 Å². The molecule has 2 bridgehead atoms. The van der Waals surface area contributed by atoms with Crippen LogP contribution in [0, 0.1) is 24.0 Å². The summed E-state index contributed by atoms with van der Waals surface area (Å²) in [6.45, 7) is 4.87. The van der Waals surface area contributed by atoms with Gasteiger partial charge in [-0.1, -0.05) is 0 Å². The van der Waals surface area contributed by atoms with E-state index >= 15 is 0 Å². The third-order valence-corrected chi connectivity index (χ3v) is 7.09. The second-order valence-electron chi connectivity index (χ2n) is 6.36. The number of fused-ring (bicyclic) bond motifs is 2. The molecule has 1 N–H and O–H groups in total. The minimum atomic E-state index is -3.74. The molecule has 8 heteroatoms. The molecule has 2 atom stereocenters. The Balaban J connectivity index is 2.11. The van der Waals surface area contributed by atoms with Crippen molar-refractivity contribution in [1.82, 2.24) is 9.62 Å². The Morgan fingerprint density at radius 1 is 1.22 bits per heavy atom. The van der Waals surface area contributed by atoms with Gasteiger partial charge in [-0.2, -0.15) is 4.31 Å². The maximum Gasteiger partial charge on any atom is 0.271 e. The molecule has 0 spiro atoms. The molecule has 0 radical (unpaired) electrons. The summed E-state index contributed by atoms with van der Waals surface area (Å²) in [5.74, 6) is 0. The van der Waals surface area contributed by atoms with Crippen molar-refractivity contribution in [1.29, 1.82) is 0 Å². The summed E-state index contributed by atoms with van der Waals surface area (Å²) < 4.78 is 28.0. The number of nitro benzene ring substituents is 1. The van der Waals surface area contributed by atoms with E-state index in [2.05, 4.69) is 5.32 Å². The Bertz CT molecular complexity index is 733. The summed E-state index contributed by atoms with van der Waals surface area (Å²) in [4.78, 5) is 10.6. The van der Waals surface area contributed by atoms with Crippen LogP contribution in [0.25, 0.3) is 0 Å². The molecule has 2 saturated heterocycles. The summed E-state index contributed by atoms with van der Waals surface area (Å²) in [5.41, 5.74) is 1.04.